The lowest BCUT2D eigenvalue weighted by Crippen LogP contribution is -1.90. The van der Waals surface area contributed by atoms with Crippen LogP contribution in [-0.2, 0) is 0 Å². The van der Waals surface area contributed by atoms with E-state index in [-0.39, 0.29) is 0 Å². The van der Waals surface area contributed by atoms with Crippen molar-refractivity contribution < 1.29 is 0 Å². The molecule has 13 heavy (non-hydrogen) atoms. The Morgan fingerprint density at radius 3 is 2.23 bits per heavy atom. The van der Waals surface area contributed by atoms with Crippen molar-refractivity contribution in [3.63, 3.8) is 0 Å². The van der Waals surface area contributed by atoms with Crippen molar-refractivity contribution in [2.45, 2.75) is 4.83 Å². The van der Waals surface area contributed by atoms with Gasteiger partial charge in [0.15, 0.2) is 0 Å². The van der Waals surface area contributed by atoms with Crippen molar-refractivity contribution >= 4 is 61.7 Å². The van der Waals surface area contributed by atoms with Crippen LogP contribution in [0.4, 0.5) is 0 Å². The summed E-state index contributed by atoms with van der Waals surface area (Å²) in [7, 11) is 0. The molecule has 0 aliphatic heterocycles. The van der Waals surface area contributed by atoms with E-state index >= 15 is 0 Å². The van der Waals surface area contributed by atoms with Crippen molar-refractivity contribution in [3.05, 3.63) is 31.3 Å². The molecular weight excluding hydrogens is 388 g/mol. The zero-order valence-electron chi connectivity index (χ0n) is 6.19. The van der Waals surface area contributed by atoms with E-state index in [2.05, 4.69) is 38.5 Å². The summed E-state index contributed by atoms with van der Waals surface area (Å²) in [6, 6.07) is 5.57. The Bertz CT molecular complexity index is 352. The standard InChI is InChI=1S/C8H3BrCl2IN/c9-5(3-13)8-6(10)1-4(12)2-7(8)11/h1-2,5H. The average Bonchev–Trinajstić information content (AvgIpc) is 2.02. The maximum Gasteiger partial charge on any atom is 0.129 e. The summed E-state index contributed by atoms with van der Waals surface area (Å²) in [6.07, 6.45) is 0. The largest absolute Gasteiger partial charge is 0.197 e. The Kier molecular flexibility index (Phi) is 4.30. The van der Waals surface area contributed by atoms with Gasteiger partial charge in [0.1, 0.15) is 4.83 Å². The summed E-state index contributed by atoms with van der Waals surface area (Å²) in [4.78, 5) is -0.454. The highest BCUT2D eigenvalue weighted by atomic mass is 127. The van der Waals surface area contributed by atoms with Crippen LogP contribution in [0, 0.1) is 14.9 Å². The molecule has 1 aromatic rings. The van der Waals surface area contributed by atoms with Gasteiger partial charge in [-0.1, -0.05) is 39.1 Å². The minimum absolute atomic E-state index is 0.454. The SMILES string of the molecule is N#CC(Br)c1c(Cl)cc(I)cc1Cl. The Morgan fingerprint density at radius 2 is 1.85 bits per heavy atom. The third kappa shape index (κ3) is 2.72. The predicted molar refractivity (Wildman–Crippen MR) is 66.5 cm³/mol. The van der Waals surface area contributed by atoms with E-state index in [1.165, 1.54) is 0 Å². The Labute approximate surface area is 108 Å². The van der Waals surface area contributed by atoms with Gasteiger partial charge in [-0.05, 0) is 34.7 Å². The molecule has 0 fully saturated rings. The minimum atomic E-state index is -0.454. The molecule has 0 N–H and O–H groups in total. The van der Waals surface area contributed by atoms with Gasteiger partial charge in [0.2, 0.25) is 0 Å². The molecule has 1 rings (SSSR count). The lowest BCUT2D eigenvalue weighted by molar-refractivity contribution is 1.24. The van der Waals surface area contributed by atoms with Crippen LogP contribution in [0.2, 0.25) is 10.0 Å². The third-order valence-corrected chi connectivity index (χ3v) is 3.32. The molecule has 0 saturated carbocycles. The summed E-state index contributed by atoms with van der Waals surface area (Å²) < 4.78 is 0.953. The van der Waals surface area contributed by atoms with E-state index < -0.39 is 4.83 Å². The fraction of sp³-hybridized carbons (Fsp3) is 0.125. The summed E-state index contributed by atoms with van der Waals surface area (Å²) in [6.45, 7) is 0. The van der Waals surface area contributed by atoms with Crippen LogP contribution in [0.5, 0.6) is 0 Å². The van der Waals surface area contributed by atoms with Gasteiger partial charge in [-0.2, -0.15) is 5.26 Å². The second-order valence-corrected chi connectivity index (χ2v) is 5.25. The monoisotopic (exact) mass is 389 g/mol. The van der Waals surface area contributed by atoms with Gasteiger partial charge in [0.05, 0.1) is 6.07 Å². The highest BCUT2D eigenvalue weighted by Gasteiger charge is 2.15. The second-order valence-electron chi connectivity index (χ2n) is 2.27. The van der Waals surface area contributed by atoms with Crippen LogP contribution in [-0.4, -0.2) is 0 Å². The van der Waals surface area contributed by atoms with E-state index in [0.29, 0.717) is 15.6 Å². The molecule has 1 unspecified atom stereocenters. The van der Waals surface area contributed by atoms with Gasteiger partial charge >= 0.3 is 0 Å². The van der Waals surface area contributed by atoms with Gasteiger partial charge in [0.25, 0.3) is 0 Å². The van der Waals surface area contributed by atoms with Gasteiger partial charge < -0.3 is 0 Å². The zero-order chi connectivity index (χ0) is 10.0. The summed E-state index contributed by atoms with van der Waals surface area (Å²) in [5.41, 5.74) is 0.631. The van der Waals surface area contributed by atoms with Gasteiger partial charge in [-0.25, -0.2) is 0 Å². The van der Waals surface area contributed by atoms with Crippen molar-refractivity contribution in [1.29, 1.82) is 5.26 Å². The number of hydrogen-bond acceptors (Lipinski definition) is 1. The first-order chi connectivity index (χ1) is 6.06. The Hall–Kier alpha value is 0.500. The summed E-state index contributed by atoms with van der Waals surface area (Å²) in [5.74, 6) is 0. The van der Waals surface area contributed by atoms with Crippen LogP contribution in [0.3, 0.4) is 0 Å². The first kappa shape index (κ1) is 11.6. The molecule has 0 spiro atoms. The summed E-state index contributed by atoms with van der Waals surface area (Å²) in [5, 5.41) is 9.72. The molecule has 0 bridgehead atoms. The Morgan fingerprint density at radius 1 is 1.38 bits per heavy atom. The van der Waals surface area contributed by atoms with E-state index in [1.54, 1.807) is 12.1 Å². The maximum atomic E-state index is 8.69. The lowest BCUT2D eigenvalue weighted by atomic mass is 10.2. The predicted octanol–water partition coefficient (Wildman–Crippen LogP) is 4.56. The number of alkyl halides is 1. The zero-order valence-corrected chi connectivity index (χ0v) is 11.4. The first-order valence-electron chi connectivity index (χ1n) is 3.24. The number of benzene rings is 1. The van der Waals surface area contributed by atoms with Crippen LogP contribution in [0.1, 0.15) is 10.4 Å². The number of nitrogens with zero attached hydrogens (tertiary/aromatic N) is 1. The van der Waals surface area contributed by atoms with Crippen LogP contribution in [0.25, 0.3) is 0 Å². The van der Waals surface area contributed by atoms with Crippen molar-refractivity contribution in [3.8, 4) is 6.07 Å². The molecule has 68 valence electrons. The molecule has 1 atom stereocenters. The molecule has 0 aliphatic carbocycles. The van der Waals surface area contributed by atoms with Crippen molar-refractivity contribution in [2.24, 2.45) is 0 Å². The van der Waals surface area contributed by atoms with E-state index in [0.717, 1.165) is 3.57 Å². The molecule has 1 aromatic carbocycles. The van der Waals surface area contributed by atoms with E-state index in [4.69, 9.17) is 28.5 Å². The highest BCUT2D eigenvalue weighted by molar-refractivity contribution is 14.1. The normalized spacial score (nSPS) is 12.2. The van der Waals surface area contributed by atoms with Crippen LogP contribution < -0.4 is 0 Å². The Balaban J connectivity index is 3.30. The lowest BCUT2D eigenvalue weighted by Gasteiger charge is -2.07. The minimum Gasteiger partial charge on any atom is -0.197 e. The molecule has 0 saturated heterocycles. The van der Waals surface area contributed by atoms with Crippen molar-refractivity contribution in [1.82, 2.24) is 0 Å². The fourth-order valence-corrected chi connectivity index (χ4v) is 3.31. The third-order valence-electron chi connectivity index (χ3n) is 1.41. The second kappa shape index (κ2) is 4.83. The molecule has 0 heterocycles. The fourth-order valence-electron chi connectivity index (χ4n) is 0.860. The van der Waals surface area contributed by atoms with Gasteiger partial charge in [-0.3, -0.25) is 0 Å². The molecule has 0 amide bonds. The molecule has 1 nitrogen and oxygen atoms in total. The van der Waals surface area contributed by atoms with Crippen LogP contribution in [0.15, 0.2) is 12.1 Å². The number of rotatable bonds is 1. The molecule has 0 aromatic heterocycles. The quantitative estimate of drug-likeness (QED) is 0.509. The smallest absolute Gasteiger partial charge is 0.129 e. The molecule has 0 aliphatic rings. The van der Waals surface area contributed by atoms with Gasteiger partial charge in [0, 0.05) is 19.2 Å². The molecule has 0 radical (unpaired) electrons. The number of hydrogen-bond donors (Lipinski definition) is 0. The highest BCUT2D eigenvalue weighted by Crippen LogP contribution is 2.36. The molecular formula is C8H3BrCl2IN. The number of nitriles is 1. The van der Waals surface area contributed by atoms with Crippen LogP contribution >= 0.6 is 61.7 Å². The van der Waals surface area contributed by atoms with Gasteiger partial charge in [-0.15, -0.1) is 0 Å². The number of halogens is 4. The first-order valence-corrected chi connectivity index (χ1v) is 5.99. The van der Waals surface area contributed by atoms with Crippen molar-refractivity contribution in [2.75, 3.05) is 0 Å². The van der Waals surface area contributed by atoms with E-state index in [1.807, 2.05) is 6.07 Å². The molecule has 5 heteroatoms. The average molecular weight is 391 g/mol. The summed E-state index contributed by atoms with van der Waals surface area (Å²) >= 11 is 17.2. The van der Waals surface area contributed by atoms with E-state index in [9.17, 15) is 0 Å². The topological polar surface area (TPSA) is 23.8 Å². The maximum absolute atomic E-state index is 8.69.